The summed E-state index contributed by atoms with van der Waals surface area (Å²) in [5.74, 6) is 0.239. The lowest BCUT2D eigenvalue weighted by molar-refractivity contribution is 1.22. The predicted octanol–water partition coefficient (Wildman–Crippen LogP) is 2.17. The molecular formula is C17H13N7. The molecule has 1 aliphatic heterocycles. The summed E-state index contributed by atoms with van der Waals surface area (Å²) >= 11 is 0. The molecule has 1 aliphatic rings. The monoisotopic (exact) mass is 315 g/mol. The predicted molar refractivity (Wildman–Crippen MR) is 95.2 cm³/mol. The Labute approximate surface area is 137 Å². The van der Waals surface area contributed by atoms with Crippen molar-refractivity contribution in [2.24, 2.45) is 21.0 Å². The van der Waals surface area contributed by atoms with Crippen molar-refractivity contribution in [1.29, 1.82) is 0 Å². The molecule has 0 fully saturated rings. The van der Waals surface area contributed by atoms with E-state index in [2.05, 4.69) is 30.7 Å². The van der Waals surface area contributed by atoms with Gasteiger partial charge in [0.05, 0.1) is 22.9 Å². The summed E-state index contributed by atoms with van der Waals surface area (Å²) in [6, 6.07) is 17.2. The molecule has 3 N–H and O–H groups in total. The van der Waals surface area contributed by atoms with E-state index in [1.54, 1.807) is 6.20 Å². The summed E-state index contributed by atoms with van der Waals surface area (Å²) < 4.78 is 0. The maximum Gasteiger partial charge on any atom is 0.176 e. The number of nitrogens with zero attached hydrogens (tertiary/aromatic N) is 5. The molecule has 7 nitrogen and oxygen atoms in total. The standard InChI is InChI=1S/C17H13N7/c18-17-16(23-21-11-6-2-1-3-7-11)15(22-24-17)14-10-19-12-8-4-5-9-13(12)20-14/h1-10,21H,(H2,18,23,24). The van der Waals surface area contributed by atoms with Gasteiger partial charge in [-0.25, -0.2) is 4.98 Å². The van der Waals surface area contributed by atoms with Crippen LogP contribution >= 0.6 is 0 Å². The van der Waals surface area contributed by atoms with Crippen LogP contribution in [0.5, 0.6) is 0 Å². The topological polar surface area (TPSA) is 101 Å². The molecule has 1 aromatic heterocycles. The lowest BCUT2D eigenvalue weighted by Gasteiger charge is -2.05. The molecule has 0 unspecified atom stereocenters. The normalized spacial score (nSPS) is 15.4. The van der Waals surface area contributed by atoms with Crippen LogP contribution in [-0.4, -0.2) is 27.2 Å². The molecule has 0 atom stereocenters. The number of fused-ring (bicyclic) bond motifs is 1. The zero-order chi connectivity index (χ0) is 16.4. The van der Waals surface area contributed by atoms with Crippen molar-refractivity contribution >= 4 is 34.0 Å². The second kappa shape index (κ2) is 5.88. The average Bonchev–Trinajstić information content (AvgIpc) is 3.01. The minimum absolute atomic E-state index is 0.239. The number of aromatic nitrogens is 2. The van der Waals surface area contributed by atoms with Gasteiger partial charge in [-0.15, -0.1) is 10.2 Å². The molecule has 0 bridgehead atoms. The molecule has 7 heteroatoms. The third kappa shape index (κ3) is 2.58. The summed E-state index contributed by atoms with van der Waals surface area (Å²) in [5.41, 5.74) is 12.8. The average molecular weight is 315 g/mol. The Morgan fingerprint density at radius 1 is 0.875 bits per heavy atom. The number of para-hydroxylation sites is 3. The molecule has 0 spiro atoms. The fraction of sp³-hybridized carbons (Fsp3) is 0. The largest absolute Gasteiger partial charge is 0.380 e. The van der Waals surface area contributed by atoms with Crippen molar-refractivity contribution in [2.75, 3.05) is 5.43 Å². The van der Waals surface area contributed by atoms with Crippen LogP contribution in [0.4, 0.5) is 5.69 Å². The van der Waals surface area contributed by atoms with Crippen LogP contribution in [0.3, 0.4) is 0 Å². The number of nitrogens with two attached hydrogens (primary N) is 1. The lowest BCUT2D eigenvalue weighted by Crippen LogP contribution is -2.29. The lowest BCUT2D eigenvalue weighted by atomic mass is 10.1. The van der Waals surface area contributed by atoms with Crippen LogP contribution in [0, 0.1) is 0 Å². The first kappa shape index (κ1) is 14.0. The van der Waals surface area contributed by atoms with Crippen LogP contribution in [-0.2, 0) is 0 Å². The smallest absolute Gasteiger partial charge is 0.176 e. The molecule has 0 amide bonds. The highest BCUT2D eigenvalue weighted by Gasteiger charge is 2.23. The molecule has 0 saturated heterocycles. The maximum atomic E-state index is 5.90. The van der Waals surface area contributed by atoms with Gasteiger partial charge in [0.25, 0.3) is 0 Å². The van der Waals surface area contributed by atoms with Gasteiger partial charge in [-0.1, -0.05) is 30.3 Å². The summed E-state index contributed by atoms with van der Waals surface area (Å²) in [6.45, 7) is 0. The number of amidine groups is 1. The number of hydrogen-bond donors (Lipinski definition) is 2. The van der Waals surface area contributed by atoms with Crippen LogP contribution in [0.25, 0.3) is 11.0 Å². The Morgan fingerprint density at radius 2 is 1.62 bits per heavy atom. The molecule has 2 aromatic carbocycles. The first-order valence-corrected chi connectivity index (χ1v) is 7.34. The molecule has 0 saturated carbocycles. The molecule has 0 aliphatic carbocycles. The Bertz CT molecular complexity index is 990. The fourth-order valence-electron chi connectivity index (χ4n) is 2.31. The van der Waals surface area contributed by atoms with Crippen LogP contribution in [0.15, 0.2) is 76.1 Å². The molecule has 2 heterocycles. The maximum absolute atomic E-state index is 5.90. The molecular weight excluding hydrogens is 302 g/mol. The van der Waals surface area contributed by atoms with Crippen molar-refractivity contribution in [3.05, 3.63) is 66.5 Å². The van der Waals surface area contributed by atoms with Gasteiger partial charge in [-0.2, -0.15) is 5.10 Å². The van der Waals surface area contributed by atoms with Gasteiger partial charge in [-0.3, -0.25) is 10.4 Å². The van der Waals surface area contributed by atoms with E-state index in [-0.39, 0.29) is 5.84 Å². The van der Waals surface area contributed by atoms with Gasteiger partial charge in [0.2, 0.25) is 0 Å². The van der Waals surface area contributed by atoms with E-state index >= 15 is 0 Å². The van der Waals surface area contributed by atoms with E-state index in [9.17, 15) is 0 Å². The highest BCUT2D eigenvalue weighted by molar-refractivity contribution is 6.72. The Morgan fingerprint density at radius 3 is 2.46 bits per heavy atom. The molecule has 3 aromatic rings. The Balaban J connectivity index is 1.68. The third-order valence-corrected chi connectivity index (χ3v) is 3.49. The number of rotatable bonds is 3. The van der Waals surface area contributed by atoms with Gasteiger partial charge >= 0.3 is 0 Å². The second-order valence-corrected chi connectivity index (χ2v) is 5.12. The first-order valence-electron chi connectivity index (χ1n) is 7.34. The SMILES string of the molecule is NC1=NN=C(c2cnc3ccccc3n2)/C1=N\Nc1ccccc1. The van der Waals surface area contributed by atoms with Gasteiger partial charge in [0.15, 0.2) is 11.5 Å². The van der Waals surface area contributed by atoms with E-state index in [0.717, 1.165) is 16.7 Å². The number of nitrogens with one attached hydrogen (secondary N) is 1. The van der Waals surface area contributed by atoms with Crippen LogP contribution in [0.1, 0.15) is 5.69 Å². The minimum atomic E-state index is 0.239. The number of anilines is 1. The molecule has 0 radical (unpaired) electrons. The first-order chi connectivity index (χ1) is 11.8. The van der Waals surface area contributed by atoms with Gasteiger partial charge in [-0.05, 0) is 24.3 Å². The number of hydrazone groups is 1. The van der Waals surface area contributed by atoms with Crippen LogP contribution in [0.2, 0.25) is 0 Å². The summed E-state index contributed by atoms with van der Waals surface area (Å²) in [6.07, 6.45) is 1.65. The van der Waals surface area contributed by atoms with Crippen molar-refractivity contribution in [3.63, 3.8) is 0 Å². The van der Waals surface area contributed by atoms with Gasteiger partial charge < -0.3 is 5.73 Å². The van der Waals surface area contributed by atoms with Crippen molar-refractivity contribution in [1.82, 2.24) is 9.97 Å². The number of benzene rings is 2. The zero-order valence-electron chi connectivity index (χ0n) is 12.6. The third-order valence-electron chi connectivity index (χ3n) is 3.49. The van der Waals surface area contributed by atoms with E-state index in [4.69, 9.17) is 5.73 Å². The number of hydrogen-bond acceptors (Lipinski definition) is 7. The molecule has 116 valence electrons. The zero-order valence-corrected chi connectivity index (χ0v) is 12.6. The quantitative estimate of drug-likeness (QED) is 0.723. The summed E-state index contributed by atoms with van der Waals surface area (Å²) in [5, 5.41) is 12.3. The van der Waals surface area contributed by atoms with Crippen LogP contribution < -0.4 is 11.2 Å². The molecule has 4 rings (SSSR count). The summed E-state index contributed by atoms with van der Waals surface area (Å²) in [4.78, 5) is 8.96. The second-order valence-electron chi connectivity index (χ2n) is 5.12. The fourth-order valence-corrected chi connectivity index (χ4v) is 2.31. The van der Waals surface area contributed by atoms with Crippen molar-refractivity contribution in [3.8, 4) is 0 Å². The van der Waals surface area contributed by atoms with E-state index in [1.807, 2.05) is 54.6 Å². The van der Waals surface area contributed by atoms with E-state index < -0.39 is 0 Å². The van der Waals surface area contributed by atoms with Gasteiger partial charge in [0.1, 0.15) is 11.4 Å². The molecule has 24 heavy (non-hydrogen) atoms. The highest BCUT2D eigenvalue weighted by atomic mass is 15.3. The van der Waals surface area contributed by atoms with E-state index in [1.165, 1.54) is 0 Å². The summed E-state index contributed by atoms with van der Waals surface area (Å²) in [7, 11) is 0. The van der Waals surface area contributed by atoms with Gasteiger partial charge in [0, 0.05) is 0 Å². The Kier molecular flexibility index (Phi) is 3.43. The van der Waals surface area contributed by atoms with E-state index in [0.29, 0.717) is 17.1 Å². The highest BCUT2D eigenvalue weighted by Crippen LogP contribution is 2.13. The Hall–Kier alpha value is -3.61. The van der Waals surface area contributed by atoms with Crippen molar-refractivity contribution in [2.45, 2.75) is 0 Å². The van der Waals surface area contributed by atoms with Crippen molar-refractivity contribution < 1.29 is 0 Å². The minimum Gasteiger partial charge on any atom is -0.380 e.